The summed E-state index contributed by atoms with van der Waals surface area (Å²) >= 11 is 0.100. The quantitative estimate of drug-likeness (QED) is 0.573. The zero-order valence-corrected chi connectivity index (χ0v) is 10.1. The maximum Gasteiger partial charge on any atom is 0 e. The molecule has 1 nitrogen and oxygen atoms in total. The molecule has 19 valence electrons. The van der Waals surface area contributed by atoms with Crippen LogP contribution in [-0.2, 0) is 80.3 Å². The third kappa shape index (κ3) is 8.82. The number of rotatable bonds is 0. The van der Waals surface area contributed by atoms with Crippen molar-refractivity contribution in [2.75, 3.05) is 0 Å². The molecule has 0 aromatic carbocycles. The first kappa shape index (κ1) is 16.1. The molecule has 0 bridgehead atoms. The van der Waals surface area contributed by atoms with E-state index in [1.807, 2.05) is 0 Å². The standard InChI is InChI=1S/O.W.Y.Zr. The summed E-state index contributed by atoms with van der Waals surface area (Å²) in [5.41, 5.74) is 0. The van der Waals surface area contributed by atoms with E-state index in [2.05, 4.69) is 0 Å². The van der Waals surface area contributed by atoms with Crippen molar-refractivity contribution < 1.29 is 80.3 Å². The maximum absolute atomic E-state index is 8.38. The molecule has 0 fully saturated rings. The van der Waals surface area contributed by atoms with Gasteiger partial charge in [-0.2, -0.15) is 0 Å². The third-order valence-electron chi connectivity index (χ3n) is 0. The summed E-state index contributed by atoms with van der Waals surface area (Å²) < 4.78 is 8.38. The van der Waals surface area contributed by atoms with E-state index in [0.29, 0.717) is 0 Å². The Bertz CT molecular complexity index is 8.00. The van der Waals surface area contributed by atoms with Gasteiger partial charge in [-0.25, -0.2) is 0 Å². The number of hydrogen-bond donors (Lipinski definition) is 0. The topological polar surface area (TPSA) is 17.1 Å². The molecule has 4 heavy (non-hydrogen) atoms. The van der Waals surface area contributed by atoms with Crippen molar-refractivity contribution in [1.29, 1.82) is 0 Å². The van der Waals surface area contributed by atoms with E-state index in [9.17, 15) is 0 Å². The van der Waals surface area contributed by atoms with Gasteiger partial charge in [0, 0.05) is 47.3 Å². The molecule has 0 amide bonds. The maximum atomic E-state index is 8.38. The van der Waals surface area contributed by atoms with Crippen molar-refractivity contribution in [2.24, 2.45) is 0 Å². The van der Waals surface area contributed by atoms with E-state index in [0.717, 1.165) is 0 Å². The van der Waals surface area contributed by atoms with E-state index in [4.69, 9.17) is 2.04 Å². The Hall–Kier alpha value is 2.48. The molecule has 0 aliphatic heterocycles. The molecule has 0 aromatic heterocycles. The Kier molecular flexibility index (Phi) is 71.9. The first-order valence-corrected chi connectivity index (χ1v) is 1.39. The van der Waals surface area contributed by atoms with Crippen molar-refractivity contribution in [1.82, 2.24) is 0 Å². The average Bonchev–Trinajstić information content (AvgIpc) is 1.00. The molecule has 0 saturated carbocycles. The summed E-state index contributed by atoms with van der Waals surface area (Å²) in [6, 6.07) is 0. The van der Waals surface area contributed by atoms with E-state index in [1.54, 1.807) is 0 Å². The Balaban J connectivity index is -0.00000000500. The molecule has 0 rings (SSSR count). The van der Waals surface area contributed by atoms with Crippen molar-refractivity contribution in [3.05, 3.63) is 0 Å². The first-order chi connectivity index (χ1) is 1.00. The van der Waals surface area contributed by atoms with Crippen LogP contribution in [0.5, 0.6) is 0 Å². The van der Waals surface area contributed by atoms with Crippen LogP contribution in [-0.4, -0.2) is 0 Å². The Morgan fingerprint density at radius 1 is 1.25 bits per heavy atom. The van der Waals surface area contributed by atoms with Gasteiger partial charge >= 0.3 is 33.1 Å². The van der Waals surface area contributed by atoms with Crippen LogP contribution in [0.3, 0.4) is 0 Å². The number of hydrogen-bond acceptors (Lipinski definition) is 1. The van der Waals surface area contributed by atoms with Crippen LogP contribution >= 0.6 is 0 Å². The largest absolute Gasteiger partial charge is 0 e. The normalized spacial score (nSPS) is 1.50. The molecular weight excluding hydrogens is 380 g/mol. The fourth-order valence-corrected chi connectivity index (χ4v) is 0. The third-order valence-corrected chi connectivity index (χ3v) is 0. The summed E-state index contributed by atoms with van der Waals surface area (Å²) in [4.78, 5) is 0. The molecule has 4 heteroatoms. The SMILES string of the molecule is [O]=[Y].[W].[Zr]. The Labute approximate surface area is 78.7 Å². The second-order valence-electron chi connectivity index (χ2n) is 0. The molecule has 0 N–H and O–H groups in total. The molecule has 0 atom stereocenters. The van der Waals surface area contributed by atoms with Crippen molar-refractivity contribution in [3.63, 3.8) is 0 Å². The first-order valence-electron chi connectivity index (χ1n) is 0.236. The minimum Gasteiger partial charge on any atom is 0 e. The summed E-state index contributed by atoms with van der Waals surface area (Å²) in [5, 5.41) is 0. The minimum atomic E-state index is 0. The fraction of sp³-hybridized carbons (Fsp3) is 0. The van der Waals surface area contributed by atoms with Gasteiger partial charge in [0.2, 0.25) is 0 Å². The van der Waals surface area contributed by atoms with Gasteiger partial charge in [0.05, 0.1) is 0 Å². The van der Waals surface area contributed by atoms with Gasteiger partial charge in [-0.15, -0.1) is 0 Å². The van der Waals surface area contributed by atoms with Crippen LogP contribution in [0, 0.1) is 0 Å². The van der Waals surface area contributed by atoms with E-state index in [-0.39, 0.29) is 78.3 Å². The monoisotopic (exact) mass is 379 g/mol. The Morgan fingerprint density at radius 2 is 1.25 bits per heavy atom. The fourth-order valence-electron chi connectivity index (χ4n) is 0. The van der Waals surface area contributed by atoms with E-state index >= 15 is 0 Å². The molecule has 0 saturated heterocycles. The second kappa shape index (κ2) is 17.9. The predicted octanol–water partition coefficient (Wildman–Crippen LogP) is -0.126. The van der Waals surface area contributed by atoms with E-state index in [1.165, 1.54) is 0 Å². The molecule has 0 aliphatic rings. The average molecular weight is 380 g/mol. The van der Waals surface area contributed by atoms with Crippen LogP contribution in [0.2, 0.25) is 0 Å². The smallest absolute Gasteiger partial charge is 0 e. The zero-order chi connectivity index (χ0) is 2.00. The van der Waals surface area contributed by atoms with Gasteiger partial charge in [-0.05, 0) is 0 Å². The zero-order valence-electron chi connectivity index (χ0n) is 1.89. The molecule has 0 radical (unpaired) electrons. The minimum absolute atomic E-state index is 0. The van der Waals surface area contributed by atoms with Gasteiger partial charge in [0.1, 0.15) is 0 Å². The Morgan fingerprint density at radius 3 is 1.25 bits per heavy atom. The molecule has 0 aliphatic carbocycles. The summed E-state index contributed by atoms with van der Waals surface area (Å²) in [6.07, 6.45) is 0. The van der Waals surface area contributed by atoms with Crippen molar-refractivity contribution >= 4 is 0 Å². The molecular formula is OWYZr. The van der Waals surface area contributed by atoms with Crippen LogP contribution in [0.1, 0.15) is 0 Å². The summed E-state index contributed by atoms with van der Waals surface area (Å²) in [7, 11) is 0. The summed E-state index contributed by atoms with van der Waals surface area (Å²) in [5.74, 6) is 0. The van der Waals surface area contributed by atoms with Crippen molar-refractivity contribution in [3.8, 4) is 0 Å². The predicted molar refractivity (Wildman–Crippen MR) is 0.686 cm³/mol. The second-order valence-corrected chi connectivity index (χ2v) is 0. The van der Waals surface area contributed by atoms with Gasteiger partial charge in [0.15, 0.2) is 0 Å². The van der Waals surface area contributed by atoms with Crippen LogP contribution in [0.4, 0.5) is 0 Å². The summed E-state index contributed by atoms with van der Waals surface area (Å²) in [6.45, 7) is 0. The van der Waals surface area contributed by atoms with Crippen LogP contribution < -0.4 is 0 Å². The van der Waals surface area contributed by atoms with Gasteiger partial charge in [-0.1, -0.05) is 0 Å². The molecule has 0 aromatic rings. The van der Waals surface area contributed by atoms with Crippen molar-refractivity contribution in [2.45, 2.75) is 0 Å². The molecule has 0 unspecified atom stereocenters. The van der Waals surface area contributed by atoms with Crippen LogP contribution in [0.15, 0.2) is 0 Å². The van der Waals surface area contributed by atoms with Gasteiger partial charge < -0.3 is 0 Å². The van der Waals surface area contributed by atoms with E-state index < -0.39 is 0 Å². The van der Waals surface area contributed by atoms with Gasteiger partial charge in [0.25, 0.3) is 0 Å². The molecule has 0 spiro atoms. The van der Waals surface area contributed by atoms with Gasteiger partial charge in [-0.3, -0.25) is 0 Å². The molecule has 0 heterocycles. The van der Waals surface area contributed by atoms with Crippen LogP contribution in [0.25, 0.3) is 0 Å².